The first-order chi connectivity index (χ1) is 17.3. The normalized spacial score (nSPS) is 11.8. The van der Waals surface area contributed by atoms with Gasteiger partial charge in [0.1, 0.15) is 28.2 Å². The quantitative estimate of drug-likeness (QED) is 0.245. The summed E-state index contributed by atoms with van der Waals surface area (Å²) in [6, 6.07) is 4.42. The van der Waals surface area contributed by atoms with Gasteiger partial charge in [0.2, 0.25) is 11.2 Å². The molecule has 0 saturated heterocycles. The van der Waals surface area contributed by atoms with Crippen molar-refractivity contribution in [3.05, 3.63) is 80.6 Å². The standard InChI is InChI=1S/C30H34O7/c1-15(2)7-11-20-25(33)21(12-8-16(3)4)30-24(26(20)34)27(35)28(36)29(37-30)19-10-9-18(23(32)14-19)13-22(31)17(5)6/h7-10,14,22,31-34,36H,5,11-13H2,1-4,6H3/t22-/m1/s1. The lowest BCUT2D eigenvalue weighted by Gasteiger charge is -2.16. The fraction of sp³-hybridized carbons (Fsp3) is 0.300. The zero-order chi connectivity index (χ0) is 27.6. The van der Waals surface area contributed by atoms with Gasteiger partial charge in [0.05, 0.1) is 6.10 Å². The van der Waals surface area contributed by atoms with E-state index in [-0.39, 0.29) is 58.6 Å². The van der Waals surface area contributed by atoms with Gasteiger partial charge in [-0.3, -0.25) is 4.79 Å². The predicted molar refractivity (Wildman–Crippen MR) is 145 cm³/mol. The average molecular weight is 507 g/mol. The summed E-state index contributed by atoms with van der Waals surface area (Å²) in [6.07, 6.45) is 3.38. The molecule has 0 spiro atoms. The maximum absolute atomic E-state index is 13.3. The van der Waals surface area contributed by atoms with Crippen LogP contribution in [0.3, 0.4) is 0 Å². The lowest BCUT2D eigenvalue weighted by Crippen LogP contribution is -2.11. The summed E-state index contributed by atoms with van der Waals surface area (Å²) < 4.78 is 5.99. The first kappa shape index (κ1) is 27.6. The van der Waals surface area contributed by atoms with E-state index in [1.165, 1.54) is 6.07 Å². The summed E-state index contributed by atoms with van der Waals surface area (Å²) in [4.78, 5) is 13.3. The van der Waals surface area contributed by atoms with Gasteiger partial charge in [0, 0.05) is 23.1 Å². The van der Waals surface area contributed by atoms with E-state index in [0.717, 1.165) is 11.1 Å². The van der Waals surface area contributed by atoms with E-state index in [1.54, 1.807) is 19.1 Å². The zero-order valence-electron chi connectivity index (χ0n) is 21.8. The van der Waals surface area contributed by atoms with Crippen LogP contribution in [0.5, 0.6) is 23.0 Å². The molecule has 1 atom stereocenters. The number of fused-ring (bicyclic) bond motifs is 1. The molecular weight excluding hydrogens is 472 g/mol. The summed E-state index contributed by atoms with van der Waals surface area (Å²) in [5, 5.41) is 53.3. The number of benzene rings is 2. The largest absolute Gasteiger partial charge is 0.508 e. The predicted octanol–water partition coefficient (Wildman–Crippen LogP) is 5.78. The van der Waals surface area contributed by atoms with E-state index >= 15 is 0 Å². The third-order valence-corrected chi connectivity index (χ3v) is 6.22. The van der Waals surface area contributed by atoms with Crippen LogP contribution in [-0.4, -0.2) is 31.6 Å². The Morgan fingerprint density at radius 1 is 0.919 bits per heavy atom. The Balaban J connectivity index is 2.30. The van der Waals surface area contributed by atoms with Crippen LogP contribution in [0.4, 0.5) is 0 Å². The summed E-state index contributed by atoms with van der Waals surface area (Å²) in [5.74, 6) is -1.74. The first-order valence-electron chi connectivity index (χ1n) is 12.0. The van der Waals surface area contributed by atoms with E-state index in [9.17, 15) is 30.3 Å². The number of allylic oxidation sites excluding steroid dienone is 4. The topological polar surface area (TPSA) is 131 Å². The Labute approximate surface area is 216 Å². The highest BCUT2D eigenvalue weighted by molar-refractivity contribution is 5.93. The van der Waals surface area contributed by atoms with Crippen LogP contribution >= 0.6 is 0 Å². The molecule has 0 saturated carbocycles. The van der Waals surface area contributed by atoms with Gasteiger partial charge in [-0.05, 0) is 59.1 Å². The summed E-state index contributed by atoms with van der Waals surface area (Å²) >= 11 is 0. The number of phenols is 3. The van der Waals surface area contributed by atoms with Gasteiger partial charge in [-0.25, -0.2) is 0 Å². The molecule has 0 unspecified atom stereocenters. The van der Waals surface area contributed by atoms with Crippen LogP contribution in [0.1, 0.15) is 51.3 Å². The van der Waals surface area contributed by atoms with Crippen molar-refractivity contribution in [3.63, 3.8) is 0 Å². The molecule has 5 N–H and O–H groups in total. The van der Waals surface area contributed by atoms with Crippen molar-refractivity contribution in [1.82, 2.24) is 0 Å². The molecule has 0 amide bonds. The van der Waals surface area contributed by atoms with Crippen molar-refractivity contribution in [3.8, 4) is 34.3 Å². The van der Waals surface area contributed by atoms with Gasteiger partial charge in [0.15, 0.2) is 5.76 Å². The van der Waals surface area contributed by atoms with Crippen LogP contribution in [-0.2, 0) is 19.3 Å². The molecule has 2 aromatic carbocycles. The highest BCUT2D eigenvalue weighted by atomic mass is 16.4. The Hall–Kier alpha value is -3.97. The molecule has 7 nitrogen and oxygen atoms in total. The van der Waals surface area contributed by atoms with Crippen LogP contribution < -0.4 is 5.43 Å². The van der Waals surface area contributed by atoms with Crippen LogP contribution in [0.25, 0.3) is 22.3 Å². The van der Waals surface area contributed by atoms with Gasteiger partial charge >= 0.3 is 0 Å². The molecule has 0 aliphatic rings. The van der Waals surface area contributed by atoms with Gasteiger partial charge in [0.25, 0.3) is 0 Å². The van der Waals surface area contributed by atoms with Crippen molar-refractivity contribution < 1.29 is 29.9 Å². The minimum absolute atomic E-state index is 0.0486. The molecule has 3 rings (SSSR count). The van der Waals surface area contributed by atoms with E-state index in [4.69, 9.17) is 4.42 Å². The highest BCUT2D eigenvalue weighted by Crippen LogP contribution is 2.43. The van der Waals surface area contributed by atoms with E-state index in [1.807, 2.05) is 39.8 Å². The Kier molecular flexibility index (Phi) is 8.18. The Morgan fingerprint density at radius 3 is 2.05 bits per heavy atom. The number of aliphatic hydroxyl groups excluding tert-OH is 1. The summed E-state index contributed by atoms with van der Waals surface area (Å²) in [7, 11) is 0. The van der Waals surface area contributed by atoms with E-state index < -0.39 is 23.0 Å². The van der Waals surface area contributed by atoms with Crippen molar-refractivity contribution in [2.24, 2.45) is 0 Å². The minimum Gasteiger partial charge on any atom is -0.508 e. The lowest BCUT2D eigenvalue weighted by molar-refractivity contribution is 0.210. The van der Waals surface area contributed by atoms with Gasteiger partial charge in [-0.15, -0.1) is 0 Å². The molecule has 3 aromatic rings. The second-order valence-electron chi connectivity index (χ2n) is 9.85. The van der Waals surface area contributed by atoms with Gasteiger partial charge in [-0.1, -0.05) is 47.6 Å². The van der Waals surface area contributed by atoms with Crippen molar-refractivity contribution in [2.45, 2.75) is 60.0 Å². The van der Waals surface area contributed by atoms with E-state index in [0.29, 0.717) is 16.7 Å². The molecule has 0 aliphatic heterocycles. The third-order valence-electron chi connectivity index (χ3n) is 6.22. The molecule has 7 heteroatoms. The van der Waals surface area contributed by atoms with Gasteiger partial charge in [-0.2, -0.15) is 0 Å². The second-order valence-corrected chi connectivity index (χ2v) is 9.85. The SMILES string of the molecule is C=C(C)[C@H](O)Cc1ccc(-c2oc3c(CC=C(C)C)c(O)c(CC=C(C)C)c(O)c3c(=O)c2O)cc1O. The number of hydrogen-bond donors (Lipinski definition) is 5. The number of aromatic hydroxyl groups is 4. The molecule has 1 heterocycles. The van der Waals surface area contributed by atoms with Gasteiger partial charge < -0.3 is 29.9 Å². The number of hydrogen-bond acceptors (Lipinski definition) is 7. The molecule has 0 fully saturated rings. The monoisotopic (exact) mass is 506 g/mol. The Bertz CT molecular complexity index is 1480. The molecule has 37 heavy (non-hydrogen) atoms. The summed E-state index contributed by atoms with van der Waals surface area (Å²) in [5.41, 5.74) is 2.72. The van der Waals surface area contributed by atoms with Crippen LogP contribution in [0.2, 0.25) is 0 Å². The molecular formula is C30H34O7. The average Bonchev–Trinajstić information content (AvgIpc) is 2.81. The third kappa shape index (κ3) is 5.73. The Morgan fingerprint density at radius 2 is 1.51 bits per heavy atom. The molecule has 1 aromatic heterocycles. The number of aliphatic hydroxyl groups is 1. The smallest absolute Gasteiger partial charge is 0.238 e. The van der Waals surface area contributed by atoms with Crippen molar-refractivity contribution >= 4 is 11.0 Å². The minimum atomic E-state index is -0.855. The summed E-state index contributed by atoms with van der Waals surface area (Å²) in [6.45, 7) is 12.9. The number of rotatable bonds is 8. The lowest BCUT2D eigenvalue weighted by atomic mass is 9.96. The molecule has 0 aliphatic carbocycles. The highest BCUT2D eigenvalue weighted by Gasteiger charge is 2.26. The maximum atomic E-state index is 13.3. The maximum Gasteiger partial charge on any atom is 0.238 e. The fourth-order valence-corrected chi connectivity index (χ4v) is 3.96. The zero-order valence-corrected chi connectivity index (χ0v) is 21.8. The number of phenolic OH excluding ortho intramolecular Hbond substituents is 3. The van der Waals surface area contributed by atoms with Crippen molar-refractivity contribution in [2.75, 3.05) is 0 Å². The van der Waals surface area contributed by atoms with Crippen LogP contribution in [0, 0.1) is 0 Å². The first-order valence-corrected chi connectivity index (χ1v) is 12.0. The molecule has 196 valence electrons. The second kappa shape index (κ2) is 11.0. The van der Waals surface area contributed by atoms with E-state index in [2.05, 4.69) is 6.58 Å². The molecule has 0 radical (unpaired) electrons. The fourth-order valence-electron chi connectivity index (χ4n) is 3.96. The molecule has 0 bridgehead atoms. The van der Waals surface area contributed by atoms with Crippen molar-refractivity contribution in [1.29, 1.82) is 0 Å². The van der Waals surface area contributed by atoms with Crippen LogP contribution in [0.15, 0.2) is 62.9 Å².